The van der Waals surface area contributed by atoms with Crippen LogP contribution in [0.25, 0.3) is 5.69 Å². The SMILES string of the molecule is O=C(NC(=O)c1c(Cl)cccc1Cl)Nc1cnn(-c2cc(C(F)(F)F)cc(C(F)(F)F)c2)c(=O)c1Cl. The van der Waals surface area contributed by atoms with E-state index >= 15 is 0 Å². The summed E-state index contributed by atoms with van der Waals surface area (Å²) in [6.45, 7) is 0. The third kappa shape index (κ3) is 5.91. The summed E-state index contributed by atoms with van der Waals surface area (Å²) >= 11 is 17.6. The van der Waals surface area contributed by atoms with Crippen molar-refractivity contribution in [2.75, 3.05) is 5.32 Å². The third-order valence-corrected chi connectivity index (χ3v) is 5.40. The van der Waals surface area contributed by atoms with E-state index in [0.29, 0.717) is 6.20 Å². The van der Waals surface area contributed by atoms with E-state index in [4.69, 9.17) is 34.8 Å². The van der Waals surface area contributed by atoms with Crippen molar-refractivity contribution in [2.24, 2.45) is 0 Å². The second kappa shape index (κ2) is 9.99. The monoisotopic (exact) mass is 572 g/mol. The Kier molecular flexibility index (Phi) is 7.58. The van der Waals surface area contributed by atoms with Crippen molar-refractivity contribution < 1.29 is 35.9 Å². The third-order valence-electron chi connectivity index (χ3n) is 4.40. The molecular formula is C20H9Cl3F6N4O3. The van der Waals surface area contributed by atoms with Crippen molar-refractivity contribution >= 4 is 52.4 Å². The highest BCUT2D eigenvalue weighted by molar-refractivity contribution is 6.40. The predicted molar refractivity (Wildman–Crippen MR) is 118 cm³/mol. The first kappa shape index (κ1) is 27.3. The molecule has 0 radical (unpaired) electrons. The second-order valence-corrected chi connectivity index (χ2v) is 8.05. The molecular weight excluding hydrogens is 565 g/mol. The first-order chi connectivity index (χ1) is 16.6. The molecule has 16 heteroatoms. The smallest absolute Gasteiger partial charge is 0.305 e. The lowest BCUT2D eigenvalue weighted by Crippen LogP contribution is -2.35. The number of rotatable bonds is 3. The highest BCUT2D eigenvalue weighted by atomic mass is 35.5. The Morgan fingerprint density at radius 3 is 1.92 bits per heavy atom. The fourth-order valence-electron chi connectivity index (χ4n) is 2.80. The van der Waals surface area contributed by atoms with Crippen LogP contribution in [0.15, 0.2) is 47.4 Å². The van der Waals surface area contributed by atoms with Gasteiger partial charge in [0.15, 0.2) is 0 Å². The van der Waals surface area contributed by atoms with Gasteiger partial charge in [0.05, 0.1) is 44.3 Å². The van der Waals surface area contributed by atoms with Gasteiger partial charge in [-0.2, -0.15) is 36.1 Å². The number of imide groups is 1. The second-order valence-electron chi connectivity index (χ2n) is 6.86. The van der Waals surface area contributed by atoms with Crippen molar-refractivity contribution in [3.8, 4) is 5.69 Å². The first-order valence-corrected chi connectivity index (χ1v) is 10.4. The van der Waals surface area contributed by atoms with Crippen LogP contribution in [0.1, 0.15) is 21.5 Å². The van der Waals surface area contributed by atoms with Gasteiger partial charge in [-0.1, -0.05) is 40.9 Å². The summed E-state index contributed by atoms with van der Waals surface area (Å²) in [5, 5.41) is 6.40. The Labute approximate surface area is 211 Å². The van der Waals surface area contributed by atoms with E-state index in [1.807, 2.05) is 10.6 Å². The lowest BCUT2D eigenvalue weighted by Gasteiger charge is -2.15. The summed E-state index contributed by atoms with van der Waals surface area (Å²) in [5.41, 5.74) is -6.35. The van der Waals surface area contributed by atoms with Gasteiger partial charge in [0.2, 0.25) is 0 Å². The van der Waals surface area contributed by atoms with E-state index in [0.717, 1.165) is 0 Å². The van der Waals surface area contributed by atoms with Crippen LogP contribution in [0, 0.1) is 0 Å². The lowest BCUT2D eigenvalue weighted by molar-refractivity contribution is -0.143. The highest BCUT2D eigenvalue weighted by Gasteiger charge is 2.37. The van der Waals surface area contributed by atoms with E-state index in [1.165, 1.54) is 18.2 Å². The molecule has 2 aromatic carbocycles. The van der Waals surface area contributed by atoms with Crippen molar-refractivity contribution in [3.63, 3.8) is 0 Å². The zero-order valence-electron chi connectivity index (χ0n) is 17.1. The molecule has 0 unspecified atom stereocenters. The summed E-state index contributed by atoms with van der Waals surface area (Å²) in [6, 6.07) is 3.30. The number of alkyl halides is 6. The Balaban J connectivity index is 1.92. The number of aromatic nitrogens is 2. The number of amides is 3. The molecule has 0 aliphatic carbocycles. The Morgan fingerprint density at radius 2 is 1.42 bits per heavy atom. The molecule has 0 spiro atoms. The van der Waals surface area contributed by atoms with Crippen LogP contribution in [0.4, 0.5) is 36.8 Å². The maximum absolute atomic E-state index is 13.1. The molecule has 0 saturated carbocycles. The topological polar surface area (TPSA) is 93.1 Å². The summed E-state index contributed by atoms with van der Waals surface area (Å²) in [6.07, 6.45) is -9.65. The number of nitrogens with one attached hydrogen (secondary N) is 2. The van der Waals surface area contributed by atoms with E-state index in [-0.39, 0.29) is 38.5 Å². The average molecular weight is 574 g/mol. The van der Waals surface area contributed by atoms with Crippen LogP contribution < -0.4 is 16.2 Å². The normalized spacial score (nSPS) is 11.8. The van der Waals surface area contributed by atoms with Crippen molar-refractivity contribution in [1.29, 1.82) is 0 Å². The minimum Gasteiger partial charge on any atom is -0.305 e. The molecule has 7 nitrogen and oxygen atoms in total. The maximum atomic E-state index is 13.1. The van der Waals surface area contributed by atoms with Gasteiger partial charge in [-0.25, -0.2) is 4.79 Å². The quantitative estimate of drug-likeness (QED) is 0.366. The average Bonchev–Trinajstić information content (AvgIpc) is 2.75. The van der Waals surface area contributed by atoms with Crippen molar-refractivity contribution in [2.45, 2.75) is 12.4 Å². The van der Waals surface area contributed by atoms with E-state index in [2.05, 4.69) is 5.10 Å². The number of anilines is 1. The summed E-state index contributed by atoms with van der Waals surface area (Å²) in [5.74, 6) is -1.02. The zero-order valence-corrected chi connectivity index (χ0v) is 19.3. The van der Waals surface area contributed by atoms with Gasteiger partial charge >= 0.3 is 18.4 Å². The van der Waals surface area contributed by atoms with E-state index in [1.54, 1.807) is 0 Å². The Morgan fingerprint density at radius 1 is 0.889 bits per heavy atom. The number of hydrogen-bond donors (Lipinski definition) is 2. The molecule has 2 N–H and O–H groups in total. The molecule has 0 atom stereocenters. The lowest BCUT2D eigenvalue weighted by atomic mass is 10.1. The van der Waals surface area contributed by atoms with Gasteiger partial charge in [0.25, 0.3) is 11.5 Å². The molecule has 0 fully saturated rings. The molecule has 1 aromatic heterocycles. The molecule has 3 rings (SSSR count). The van der Waals surface area contributed by atoms with Gasteiger partial charge in [-0.15, -0.1) is 0 Å². The van der Waals surface area contributed by atoms with Crippen LogP contribution in [0.2, 0.25) is 15.1 Å². The highest BCUT2D eigenvalue weighted by Crippen LogP contribution is 2.37. The molecule has 0 saturated heterocycles. The Bertz CT molecular complexity index is 1370. The molecule has 3 amide bonds. The first-order valence-electron chi connectivity index (χ1n) is 9.23. The van der Waals surface area contributed by atoms with Gasteiger partial charge in [0.1, 0.15) is 5.02 Å². The molecule has 1 heterocycles. The van der Waals surface area contributed by atoms with Gasteiger partial charge in [-0.05, 0) is 30.3 Å². The maximum Gasteiger partial charge on any atom is 0.416 e. The molecule has 0 bridgehead atoms. The fourth-order valence-corrected chi connectivity index (χ4v) is 3.54. The number of hydrogen-bond acceptors (Lipinski definition) is 4. The van der Waals surface area contributed by atoms with Crippen molar-refractivity contribution in [3.05, 3.63) is 84.7 Å². The summed E-state index contributed by atoms with van der Waals surface area (Å²) in [4.78, 5) is 37.0. The standard InChI is InChI=1S/C20H9Cl3F6N4O3/c21-11-2-1-3-12(22)14(11)16(34)32-18(36)31-13-7-30-33(17(35)15(13)23)10-5-8(19(24,25)26)4-9(6-10)20(27,28)29/h1-7H,(H2,31,32,34,36). The summed E-state index contributed by atoms with van der Waals surface area (Å²) < 4.78 is 78.9. The van der Waals surface area contributed by atoms with Gasteiger partial charge < -0.3 is 5.32 Å². The molecule has 190 valence electrons. The number of benzene rings is 2. The number of halogens is 9. The van der Waals surface area contributed by atoms with Gasteiger partial charge in [0, 0.05) is 0 Å². The minimum absolute atomic E-state index is 0.0746. The van der Waals surface area contributed by atoms with Gasteiger partial charge in [-0.3, -0.25) is 14.9 Å². The number of carbonyl (C=O) groups is 2. The molecule has 0 aliphatic rings. The number of nitrogens with zero attached hydrogens (tertiary/aromatic N) is 2. The molecule has 36 heavy (non-hydrogen) atoms. The van der Waals surface area contributed by atoms with Crippen LogP contribution in [0.5, 0.6) is 0 Å². The molecule has 3 aromatic rings. The predicted octanol–water partition coefficient (Wildman–Crippen LogP) is 6.19. The molecule has 0 aliphatic heterocycles. The van der Waals surface area contributed by atoms with Crippen LogP contribution in [0.3, 0.4) is 0 Å². The van der Waals surface area contributed by atoms with E-state index < -0.39 is 57.4 Å². The van der Waals surface area contributed by atoms with Crippen LogP contribution in [-0.4, -0.2) is 21.7 Å². The zero-order chi connectivity index (χ0) is 27.0. The van der Waals surface area contributed by atoms with Crippen LogP contribution in [-0.2, 0) is 12.4 Å². The number of urea groups is 1. The minimum atomic E-state index is -5.17. The van der Waals surface area contributed by atoms with Crippen molar-refractivity contribution in [1.82, 2.24) is 15.1 Å². The van der Waals surface area contributed by atoms with E-state index in [9.17, 15) is 40.7 Å². The Hall–Kier alpha value is -3.29. The fraction of sp³-hybridized carbons (Fsp3) is 0.100. The largest absolute Gasteiger partial charge is 0.416 e. The summed E-state index contributed by atoms with van der Waals surface area (Å²) in [7, 11) is 0. The van der Waals surface area contributed by atoms with Crippen LogP contribution >= 0.6 is 34.8 Å². The number of carbonyl (C=O) groups excluding carboxylic acids is 2.